The van der Waals surface area contributed by atoms with Gasteiger partial charge >= 0.3 is 0 Å². The highest BCUT2D eigenvalue weighted by Crippen LogP contribution is 2.36. The van der Waals surface area contributed by atoms with E-state index in [9.17, 15) is 14.9 Å². The summed E-state index contributed by atoms with van der Waals surface area (Å²) in [5.74, 6) is 0.640. The molecular formula is C27H22ClN3O3S. The molecule has 1 unspecified atom stereocenters. The number of hydrogen-bond donors (Lipinski definition) is 0. The van der Waals surface area contributed by atoms with Crippen molar-refractivity contribution in [3.8, 4) is 17.6 Å². The van der Waals surface area contributed by atoms with Gasteiger partial charge in [0, 0.05) is 17.1 Å². The minimum atomic E-state index is -0.615. The van der Waals surface area contributed by atoms with Gasteiger partial charge in [-0.15, -0.1) is 0 Å². The zero-order chi connectivity index (χ0) is 24.4. The highest BCUT2D eigenvalue weighted by molar-refractivity contribution is 8.00. The molecule has 3 aromatic rings. The van der Waals surface area contributed by atoms with Gasteiger partial charge in [-0.1, -0.05) is 29.8 Å². The third kappa shape index (κ3) is 5.04. The Hall–Kier alpha value is -3.34. The van der Waals surface area contributed by atoms with Crippen molar-refractivity contribution >= 4 is 40.9 Å². The minimum Gasteiger partial charge on any atom is -0.457 e. The number of nitriles is 1. The lowest BCUT2D eigenvalue weighted by Crippen LogP contribution is -2.31. The predicted molar refractivity (Wildman–Crippen MR) is 135 cm³/mol. The average molecular weight is 504 g/mol. The van der Waals surface area contributed by atoms with Crippen LogP contribution in [0.1, 0.15) is 42.5 Å². The van der Waals surface area contributed by atoms with Crippen LogP contribution in [-0.2, 0) is 22.4 Å². The molecule has 6 nitrogen and oxygen atoms in total. The first-order chi connectivity index (χ1) is 17.0. The fourth-order valence-corrected chi connectivity index (χ4v) is 5.59. The number of hydrogen-bond acceptors (Lipinski definition) is 6. The van der Waals surface area contributed by atoms with Gasteiger partial charge in [-0.2, -0.15) is 5.26 Å². The van der Waals surface area contributed by atoms with Gasteiger partial charge < -0.3 is 4.74 Å². The molecule has 0 saturated carbocycles. The number of nitrogens with zero attached hydrogens (tertiary/aromatic N) is 3. The molecule has 5 rings (SSSR count). The summed E-state index contributed by atoms with van der Waals surface area (Å²) in [6, 6.07) is 17.9. The zero-order valence-corrected chi connectivity index (χ0v) is 20.4. The van der Waals surface area contributed by atoms with Crippen LogP contribution >= 0.6 is 23.4 Å². The molecule has 1 fully saturated rings. The Morgan fingerprint density at radius 1 is 1.00 bits per heavy atom. The summed E-state index contributed by atoms with van der Waals surface area (Å²) in [7, 11) is 0. The van der Waals surface area contributed by atoms with Crippen molar-refractivity contribution < 1.29 is 14.3 Å². The second-order valence-electron chi connectivity index (χ2n) is 8.55. The standard InChI is InChI=1S/C27H22ClN3O3S/c28-19-6-10-21(11-7-19)34-22-12-8-20(9-13-22)31-25(32)15-24(27(31)33)35-26-18(16-29)14-17-4-2-1-3-5-23(17)30-26/h6-14,24H,1-5,15H2. The van der Waals surface area contributed by atoms with E-state index in [4.69, 9.17) is 21.3 Å². The van der Waals surface area contributed by atoms with Gasteiger partial charge in [0.2, 0.25) is 11.8 Å². The topological polar surface area (TPSA) is 83.3 Å². The van der Waals surface area contributed by atoms with Crippen LogP contribution in [0.2, 0.25) is 5.02 Å². The van der Waals surface area contributed by atoms with Crippen LogP contribution in [0, 0.1) is 11.3 Å². The number of imide groups is 1. The Morgan fingerprint density at radius 3 is 2.40 bits per heavy atom. The molecule has 1 aliphatic carbocycles. The maximum Gasteiger partial charge on any atom is 0.247 e. The summed E-state index contributed by atoms with van der Waals surface area (Å²) in [6.45, 7) is 0. The number of carbonyl (C=O) groups excluding carboxylic acids is 2. The van der Waals surface area contributed by atoms with Crippen molar-refractivity contribution in [1.82, 2.24) is 4.98 Å². The number of ether oxygens (including phenoxy) is 1. The van der Waals surface area contributed by atoms with Crippen LogP contribution in [0.25, 0.3) is 0 Å². The summed E-state index contributed by atoms with van der Waals surface area (Å²) in [6.07, 6.45) is 5.19. The molecule has 1 atom stereocenters. The van der Waals surface area contributed by atoms with Gasteiger partial charge in [-0.25, -0.2) is 9.88 Å². The van der Waals surface area contributed by atoms with Crippen LogP contribution in [0.15, 0.2) is 59.6 Å². The van der Waals surface area contributed by atoms with Crippen molar-refractivity contribution in [2.75, 3.05) is 4.90 Å². The Bertz CT molecular complexity index is 1320. The second-order valence-corrected chi connectivity index (χ2v) is 10.2. The third-order valence-corrected chi connectivity index (χ3v) is 7.58. The maximum absolute atomic E-state index is 13.2. The van der Waals surface area contributed by atoms with E-state index in [2.05, 4.69) is 6.07 Å². The molecule has 1 aromatic heterocycles. The number of benzene rings is 2. The van der Waals surface area contributed by atoms with Crippen LogP contribution in [0.5, 0.6) is 11.5 Å². The Balaban J connectivity index is 1.32. The molecule has 2 heterocycles. The number of amides is 2. The number of aromatic nitrogens is 1. The van der Waals surface area contributed by atoms with Gasteiger partial charge in [0.1, 0.15) is 22.6 Å². The number of rotatable bonds is 5. The van der Waals surface area contributed by atoms with E-state index in [0.717, 1.165) is 43.4 Å². The highest BCUT2D eigenvalue weighted by Gasteiger charge is 2.41. The van der Waals surface area contributed by atoms with E-state index in [1.807, 2.05) is 6.07 Å². The molecule has 0 bridgehead atoms. The van der Waals surface area contributed by atoms with E-state index in [0.29, 0.717) is 32.8 Å². The first-order valence-corrected chi connectivity index (χ1v) is 12.8. The maximum atomic E-state index is 13.2. The summed E-state index contributed by atoms with van der Waals surface area (Å²) >= 11 is 7.12. The van der Waals surface area contributed by atoms with Gasteiger partial charge in [0.25, 0.3) is 0 Å². The molecule has 8 heteroatoms. The molecule has 0 radical (unpaired) electrons. The van der Waals surface area contributed by atoms with Crippen molar-refractivity contribution in [3.63, 3.8) is 0 Å². The molecular weight excluding hydrogens is 482 g/mol. The van der Waals surface area contributed by atoms with Crippen molar-refractivity contribution in [2.45, 2.75) is 48.8 Å². The number of halogens is 1. The number of aryl methyl sites for hydroxylation is 2. The quantitative estimate of drug-likeness (QED) is 0.309. The zero-order valence-electron chi connectivity index (χ0n) is 18.9. The van der Waals surface area contributed by atoms with Crippen LogP contribution < -0.4 is 9.64 Å². The van der Waals surface area contributed by atoms with Gasteiger partial charge in [-0.3, -0.25) is 9.59 Å². The van der Waals surface area contributed by atoms with E-state index < -0.39 is 5.25 Å². The van der Waals surface area contributed by atoms with Gasteiger partial charge in [-0.05, 0) is 85.8 Å². The lowest BCUT2D eigenvalue weighted by Gasteiger charge is -2.16. The molecule has 176 valence electrons. The largest absolute Gasteiger partial charge is 0.457 e. The molecule has 0 N–H and O–H groups in total. The predicted octanol–water partition coefficient (Wildman–Crippen LogP) is 6.09. The third-order valence-electron chi connectivity index (χ3n) is 6.14. The molecule has 1 aliphatic heterocycles. The van der Waals surface area contributed by atoms with Crippen LogP contribution in [0.3, 0.4) is 0 Å². The van der Waals surface area contributed by atoms with E-state index in [1.54, 1.807) is 48.5 Å². The molecule has 2 amide bonds. The average Bonchev–Trinajstić information content (AvgIpc) is 3.00. The van der Waals surface area contributed by atoms with Gasteiger partial charge in [0.05, 0.1) is 16.5 Å². The summed E-state index contributed by atoms with van der Waals surface area (Å²) in [5, 5.41) is 10.2. The fourth-order valence-electron chi connectivity index (χ4n) is 4.37. The first-order valence-electron chi connectivity index (χ1n) is 11.5. The van der Waals surface area contributed by atoms with Crippen molar-refractivity contribution in [1.29, 1.82) is 5.26 Å². The van der Waals surface area contributed by atoms with Crippen molar-refractivity contribution in [3.05, 3.63) is 76.4 Å². The summed E-state index contributed by atoms with van der Waals surface area (Å²) in [5.41, 5.74) is 3.09. The lowest BCUT2D eigenvalue weighted by molar-refractivity contribution is -0.121. The molecule has 2 aromatic carbocycles. The number of pyridine rings is 1. The fraction of sp³-hybridized carbons (Fsp3) is 0.259. The van der Waals surface area contributed by atoms with E-state index in [-0.39, 0.29) is 18.2 Å². The summed E-state index contributed by atoms with van der Waals surface area (Å²) in [4.78, 5) is 32.0. The second kappa shape index (κ2) is 10.1. The number of fused-ring (bicyclic) bond motifs is 1. The lowest BCUT2D eigenvalue weighted by atomic mass is 10.1. The van der Waals surface area contributed by atoms with Crippen LogP contribution in [-0.4, -0.2) is 22.0 Å². The Kier molecular flexibility index (Phi) is 6.76. The minimum absolute atomic E-state index is 0.0656. The number of thioether (sulfide) groups is 1. The number of carbonyl (C=O) groups is 2. The molecule has 0 spiro atoms. The van der Waals surface area contributed by atoms with E-state index >= 15 is 0 Å². The normalized spacial score (nSPS) is 17.6. The van der Waals surface area contributed by atoms with E-state index in [1.165, 1.54) is 16.7 Å². The monoisotopic (exact) mass is 503 g/mol. The van der Waals surface area contributed by atoms with Gasteiger partial charge in [0.15, 0.2) is 0 Å². The molecule has 2 aliphatic rings. The van der Waals surface area contributed by atoms with Crippen LogP contribution in [0.4, 0.5) is 5.69 Å². The Labute approximate surface area is 212 Å². The SMILES string of the molecule is N#Cc1cc2c(nc1SC1CC(=O)N(c3ccc(Oc4ccc(Cl)cc4)cc3)C1=O)CCCCC2. The highest BCUT2D eigenvalue weighted by atomic mass is 35.5. The number of anilines is 1. The summed E-state index contributed by atoms with van der Waals surface area (Å²) < 4.78 is 5.79. The Morgan fingerprint density at radius 2 is 1.69 bits per heavy atom. The smallest absolute Gasteiger partial charge is 0.247 e. The van der Waals surface area contributed by atoms with Crippen molar-refractivity contribution in [2.24, 2.45) is 0 Å². The molecule has 35 heavy (non-hydrogen) atoms. The molecule has 1 saturated heterocycles. The first kappa shape index (κ1) is 23.4.